The van der Waals surface area contributed by atoms with Crippen molar-refractivity contribution in [1.82, 2.24) is 9.13 Å². The molecule has 2 aromatic heterocycles. The number of aromatic nitrogens is 2. The summed E-state index contributed by atoms with van der Waals surface area (Å²) < 4.78 is 4.94. The second-order valence-electron chi connectivity index (χ2n) is 14.7. The summed E-state index contributed by atoms with van der Waals surface area (Å²) in [5, 5.41) is 6.32. The van der Waals surface area contributed by atoms with E-state index in [9.17, 15) is 0 Å². The van der Waals surface area contributed by atoms with Crippen molar-refractivity contribution in [2.75, 3.05) is 0 Å². The maximum Gasteiger partial charge on any atom is 0.0541 e. The van der Waals surface area contributed by atoms with Gasteiger partial charge in [-0.1, -0.05) is 121 Å². The van der Waals surface area contributed by atoms with Crippen molar-refractivity contribution in [3.05, 3.63) is 181 Å². The summed E-state index contributed by atoms with van der Waals surface area (Å²) in [7, 11) is 0. The Balaban J connectivity index is 1.12. The minimum atomic E-state index is 0.737. The van der Waals surface area contributed by atoms with Crippen LogP contribution in [-0.4, -0.2) is 9.13 Å². The lowest BCUT2D eigenvalue weighted by Gasteiger charge is -2.19. The van der Waals surface area contributed by atoms with Crippen LogP contribution in [0.3, 0.4) is 0 Å². The number of hydrogen-bond donors (Lipinski definition) is 0. The molecular formula is C53H40N2. The van der Waals surface area contributed by atoms with Gasteiger partial charge < -0.3 is 9.13 Å². The zero-order chi connectivity index (χ0) is 36.9. The molecule has 2 heterocycles. The van der Waals surface area contributed by atoms with E-state index in [2.05, 4.69) is 192 Å². The average molecular weight is 705 g/mol. The Hall–Kier alpha value is -6.82. The Morgan fingerprint density at radius 1 is 0.618 bits per heavy atom. The number of terminal acetylenes is 1. The van der Waals surface area contributed by atoms with Gasteiger partial charge in [0, 0.05) is 45.1 Å². The van der Waals surface area contributed by atoms with Crippen LogP contribution in [0.15, 0.2) is 164 Å². The number of unbranched alkanes of at least 4 members (excludes halogenated alkanes) is 1. The van der Waals surface area contributed by atoms with E-state index >= 15 is 0 Å². The first kappa shape index (κ1) is 32.8. The summed E-state index contributed by atoms with van der Waals surface area (Å²) in [6.07, 6.45) is 16.3. The highest BCUT2D eigenvalue weighted by Crippen LogP contribution is 2.41. The predicted molar refractivity (Wildman–Crippen MR) is 235 cm³/mol. The van der Waals surface area contributed by atoms with Gasteiger partial charge in [-0.2, -0.15) is 0 Å². The van der Waals surface area contributed by atoms with Crippen LogP contribution in [0.25, 0.3) is 88.8 Å². The monoisotopic (exact) mass is 704 g/mol. The molecule has 0 saturated carbocycles. The molecule has 9 aromatic rings. The third kappa shape index (κ3) is 5.51. The zero-order valence-electron chi connectivity index (χ0n) is 31.0. The molecule has 0 saturated heterocycles. The number of nitrogens with zero attached hydrogens (tertiary/aromatic N) is 2. The second-order valence-corrected chi connectivity index (χ2v) is 14.7. The highest BCUT2D eigenvalue weighted by Gasteiger charge is 2.22. The molecule has 1 aliphatic carbocycles. The normalized spacial score (nSPS) is 12.8. The fourth-order valence-corrected chi connectivity index (χ4v) is 8.88. The molecule has 10 rings (SSSR count). The van der Waals surface area contributed by atoms with Gasteiger partial charge in [-0.15, -0.1) is 12.3 Å². The molecule has 0 unspecified atom stereocenters. The van der Waals surface area contributed by atoms with Crippen LogP contribution >= 0.6 is 0 Å². The number of rotatable bonds is 7. The lowest BCUT2D eigenvalue weighted by atomic mass is 9.95. The SMILES string of the molecule is C#CCC/C=C(\C)c1c(-n2c3c(c4cc(-c5ccc6c(c5)c5ccccc5n6-c5ccc(-c6ccccc6)cc5)ccc42)C=CCC3)ccc2ccccc12. The van der Waals surface area contributed by atoms with E-state index in [1.54, 1.807) is 0 Å². The minimum absolute atomic E-state index is 0.737. The predicted octanol–water partition coefficient (Wildman–Crippen LogP) is 14.0. The average Bonchev–Trinajstić information content (AvgIpc) is 3.76. The lowest BCUT2D eigenvalue weighted by molar-refractivity contribution is 0.888. The molecule has 0 amide bonds. The molecule has 0 atom stereocenters. The second kappa shape index (κ2) is 13.5. The fraction of sp³-hybridized carbons (Fsp3) is 0.0943. The van der Waals surface area contributed by atoms with Crippen molar-refractivity contribution >= 4 is 55.1 Å². The molecule has 1 aliphatic rings. The number of benzene rings is 7. The molecule has 2 heteroatoms. The van der Waals surface area contributed by atoms with Crippen molar-refractivity contribution in [2.24, 2.45) is 0 Å². The minimum Gasteiger partial charge on any atom is -0.312 e. The topological polar surface area (TPSA) is 9.86 Å². The van der Waals surface area contributed by atoms with Crippen molar-refractivity contribution in [3.8, 4) is 46.0 Å². The van der Waals surface area contributed by atoms with Gasteiger partial charge in [0.1, 0.15) is 0 Å². The summed E-state index contributed by atoms with van der Waals surface area (Å²) in [5.74, 6) is 2.81. The van der Waals surface area contributed by atoms with E-state index < -0.39 is 0 Å². The first-order valence-electron chi connectivity index (χ1n) is 19.3. The van der Waals surface area contributed by atoms with E-state index in [1.165, 1.54) is 93.8 Å². The smallest absolute Gasteiger partial charge is 0.0541 e. The standard InChI is InChI=1S/C53H40N2/c1-3-4-6-15-36(2)53-43-19-10-9-18-39(43)26-33-52(53)55-49-23-14-12-21-45(49)47-35-41(28-32-51(47)55)40-27-31-50-46(34-40)44-20-11-13-22-48(44)54(50)42-29-24-38(25-30-42)37-16-7-5-8-17-37/h1,5,7-13,15-22,24-35H,4,6,14,23H2,2H3/b36-15+. The summed E-state index contributed by atoms with van der Waals surface area (Å²) in [5.41, 5.74) is 16.2. The maximum absolute atomic E-state index is 5.65. The van der Waals surface area contributed by atoms with Crippen molar-refractivity contribution in [1.29, 1.82) is 0 Å². The van der Waals surface area contributed by atoms with E-state index in [4.69, 9.17) is 6.42 Å². The molecule has 0 bridgehead atoms. The van der Waals surface area contributed by atoms with E-state index in [-0.39, 0.29) is 0 Å². The van der Waals surface area contributed by atoms with Gasteiger partial charge in [0.25, 0.3) is 0 Å². The zero-order valence-corrected chi connectivity index (χ0v) is 31.0. The molecule has 0 spiro atoms. The molecule has 0 fully saturated rings. The van der Waals surface area contributed by atoms with Crippen LogP contribution < -0.4 is 0 Å². The lowest BCUT2D eigenvalue weighted by Crippen LogP contribution is -2.06. The Kier molecular flexibility index (Phi) is 8.08. The highest BCUT2D eigenvalue weighted by molar-refractivity contribution is 6.11. The highest BCUT2D eigenvalue weighted by atomic mass is 15.0. The molecule has 0 radical (unpaired) electrons. The van der Waals surface area contributed by atoms with Gasteiger partial charge in [-0.25, -0.2) is 0 Å². The Morgan fingerprint density at radius 2 is 1.27 bits per heavy atom. The third-order valence-electron chi connectivity index (χ3n) is 11.5. The van der Waals surface area contributed by atoms with E-state index in [0.29, 0.717) is 0 Å². The van der Waals surface area contributed by atoms with Crippen LogP contribution in [0.1, 0.15) is 43.0 Å². The van der Waals surface area contributed by atoms with Gasteiger partial charge in [0.2, 0.25) is 0 Å². The van der Waals surface area contributed by atoms with Crippen LogP contribution in [0.4, 0.5) is 0 Å². The van der Waals surface area contributed by atoms with Gasteiger partial charge >= 0.3 is 0 Å². The van der Waals surface area contributed by atoms with Crippen LogP contribution in [0, 0.1) is 12.3 Å². The van der Waals surface area contributed by atoms with Gasteiger partial charge in [0.05, 0.1) is 22.2 Å². The first-order valence-corrected chi connectivity index (χ1v) is 19.3. The summed E-state index contributed by atoms with van der Waals surface area (Å²) in [6.45, 7) is 2.24. The Bertz CT molecular complexity index is 3030. The quantitative estimate of drug-likeness (QED) is 0.115. The summed E-state index contributed by atoms with van der Waals surface area (Å²) in [6, 6.07) is 55.7. The van der Waals surface area contributed by atoms with E-state index in [0.717, 1.165) is 31.4 Å². The van der Waals surface area contributed by atoms with Gasteiger partial charge in [-0.3, -0.25) is 0 Å². The largest absolute Gasteiger partial charge is 0.312 e. The summed E-state index contributed by atoms with van der Waals surface area (Å²) in [4.78, 5) is 0. The van der Waals surface area contributed by atoms with Crippen LogP contribution in [0.5, 0.6) is 0 Å². The number of para-hydroxylation sites is 1. The summed E-state index contributed by atoms with van der Waals surface area (Å²) >= 11 is 0. The van der Waals surface area contributed by atoms with Crippen molar-refractivity contribution in [2.45, 2.75) is 32.6 Å². The molecule has 2 nitrogen and oxygen atoms in total. The molecule has 0 aliphatic heterocycles. The first-order chi connectivity index (χ1) is 27.2. The number of hydrogen-bond acceptors (Lipinski definition) is 0. The van der Waals surface area contributed by atoms with Crippen LogP contribution in [0.2, 0.25) is 0 Å². The van der Waals surface area contributed by atoms with Gasteiger partial charge in [-0.05, 0) is 113 Å². The van der Waals surface area contributed by atoms with E-state index in [1.807, 2.05) is 0 Å². The third-order valence-corrected chi connectivity index (χ3v) is 11.5. The van der Waals surface area contributed by atoms with Gasteiger partial charge in [0.15, 0.2) is 0 Å². The molecule has 262 valence electrons. The molecule has 0 N–H and O–H groups in total. The Labute approximate surface area is 322 Å². The fourth-order valence-electron chi connectivity index (χ4n) is 8.88. The Morgan fingerprint density at radius 3 is 2.07 bits per heavy atom. The molecular weight excluding hydrogens is 665 g/mol. The van der Waals surface area contributed by atoms with Crippen LogP contribution in [-0.2, 0) is 6.42 Å². The number of allylic oxidation sites excluding steroid dienone is 3. The van der Waals surface area contributed by atoms with Crippen molar-refractivity contribution in [3.63, 3.8) is 0 Å². The molecule has 7 aromatic carbocycles. The maximum atomic E-state index is 5.65. The van der Waals surface area contributed by atoms with Crippen molar-refractivity contribution < 1.29 is 0 Å². The molecule has 55 heavy (non-hydrogen) atoms. The number of fused-ring (bicyclic) bond motifs is 7.